The van der Waals surface area contributed by atoms with Gasteiger partial charge in [0.05, 0.1) is 11.9 Å². The van der Waals surface area contributed by atoms with E-state index in [9.17, 15) is 5.11 Å². The molecule has 0 aromatic carbocycles. The Morgan fingerprint density at radius 2 is 2.00 bits per heavy atom. The van der Waals surface area contributed by atoms with Crippen LogP contribution >= 0.6 is 0 Å². The molecule has 66 valence electrons. The molecular formula is C9H18O2. The van der Waals surface area contributed by atoms with E-state index < -0.39 is 5.60 Å². The Morgan fingerprint density at radius 3 is 2.36 bits per heavy atom. The third-order valence-corrected chi connectivity index (χ3v) is 2.17. The number of hydrogen-bond donors (Lipinski definition) is 2. The van der Waals surface area contributed by atoms with Crippen LogP contribution in [0.5, 0.6) is 0 Å². The van der Waals surface area contributed by atoms with Crippen LogP contribution in [0.4, 0.5) is 0 Å². The van der Waals surface area contributed by atoms with Crippen molar-refractivity contribution in [2.24, 2.45) is 5.92 Å². The van der Waals surface area contributed by atoms with E-state index >= 15 is 0 Å². The molecule has 2 heteroatoms. The summed E-state index contributed by atoms with van der Waals surface area (Å²) in [6, 6.07) is 0. The Hall–Kier alpha value is -0.500. The van der Waals surface area contributed by atoms with E-state index in [0.717, 1.165) is 12.7 Å². The molecule has 1 unspecified atom stereocenters. The third-order valence-electron chi connectivity index (χ3n) is 2.17. The highest BCUT2D eigenvalue weighted by Gasteiger charge is 2.23. The number of rotatable bonds is 4. The molecule has 1 atom stereocenters. The summed E-state index contributed by atoms with van der Waals surface area (Å²) in [7, 11) is 0. The fraction of sp³-hybridized carbons (Fsp3) is 0.778. The van der Waals surface area contributed by atoms with Crippen LogP contribution in [-0.4, -0.2) is 15.8 Å². The van der Waals surface area contributed by atoms with E-state index in [1.807, 2.05) is 20.8 Å². The van der Waals surface area contributed by atoms with Crippen molar-refractivity contribution >= 4 is 0 Å². The number of hydrogen-bond acceptors (Lipinski definition) is 2. The lowest BCUT2D eigenvalue weighted by Crippen LogP contribution is -2.30. The number of aliphatic hydroxyl groups excluding tert-OH is 1. The SMILES string of the molecule is CC(C)C(C)(O)CCC=CO. The van der Waals surface area contributed by atoms with Crippen LogP contribution in [0.3, 0.4) is 0 Å². The second-order valence-electron chi connectivity index (χ2n) is 3.44. The number of allylic oxidation sites excluding steroid dienone is 1. The second kappa shape index (κ2) is 4.39. The van der Waals surface area contributed by atoms with Crippen molar-refractivity contribution in [1.82, 2.24) is 0 Å². The standard InChI is InChI=1S/C9H18O2/c1-8(2)9(3,11)6-4-5-7-10/h5,7-8,10-11H,4,6H2,1-3H3. The Labute approximate surface area is 68.6 Å². The molecule has 0 saturated carbocycles. The first kappa shape index (κ1) is 10.5. The highest BCUT2D eigenvalue weighted by molar-refractivity contribution is 4.81. The predicted molar refractivity (Wildman–Crippen MR) is 46.5 cm³/mol. The van der Waals surface area contributed by atoms with Crippen molar-refractivity contribution in [1.29, 1.82) is 0 Å². The number of aliphatic hydroxyl groups is 2. The van der Waals surface area contributed by atoms with Gasteiger partial charge in [-0.1, -0.05) is 13.8 Å². The zero-order chi connectivity index (χ0) is 8.91. The van der Waals surface area contributed by atoms with Gasteiger partial charge in [-0.3, -0.25) is 0 Å². The summed E-state index contributed by atoms with van der Waals surface area (Å²) < 4.78 is 0. The fourth-order valence-corrected chi connectivity index (χ4v) is 0.739. The Kier molecular flexibility index (Phi) is 4.19. The Bertz CT molecular complexity index is 126. The topological polar surface area (TPSA) is 40.5 Å². The highest BCUT2D eigenvalue weighted by atomic mass is 16.3. The fourth-order valence-electron chi connectivity index (χ4n) is 0.739. The first-order valence-electron chi connectivity index (χ1n) is 4.02. The summed E-state index contributed by atoms with van der Waals surface area (Å²) in [6.45, 7) is 5.80. The Balaban J connectivity index is 3.73. The summed E-state index contributed by atoms with van der Waals surface area (Å²) >= 11 is 0. The van der Waals surface area contributed by atoms with Crippen molar-refractivity contribution in [3.05, 3.63) is 12.3 Å². The average Bonchev–Trinajstić information content (AvgIpc) is 1.88. The van der Waals surface area contributed by atoms with Crippen LogP contribution in [0.15, 0.2) is 12.3 Å². The van der Waals surface area contributed by atoms with Crippen molar-refractivity contribution < 1.29 is 10.2 Å². The first-order valence-corrected chi connectivity index (χ1v) is 4.02. The lowest BCUT2D eigenvalue weighted by Gasteiger charge is -2.26. The molecule has 0 aliphatic heterocycles. The van der Waals surface area contributed by atoms with Gasteiger partial charge in [0.1, 0.15) is 0 Å². The van der Waals surface area contributed by atoms with Crippen LogP contribution in [-0.2, 0) is 0 Å². The van der Waals surface area contributed by atoms with Gasteiger partial charge in [0, 0.05) is 0 Å². The minimum absolute atomic E-state index is 0.259. The Morgan fingerprint density at radius 1 is 1.45 bits per heavy atom. The zero-order valence-corrected chi connectivity index (χ0v) is 7.54. The molecule has 0 fully saturated rings. The van der Waals surface area contributed by atoms with Gasteiger partial charge >= 0.3 is 0 Å². The average molecular weight is 158 g/mol. The first-order chi connectivity index (χ1) is 5.00. The van der Waals surface area contributed by atoms with Gasteiger partial charge in [0.25, 0.3) is 0 Å². The molecule has 2 N–H and O–H groups in total. The molecule has 0 aliphatic carbocycles. The van der Waals surface area contributed by atoms with Crippen molar-refractivity contribution in [3.63, 3.8) is 0 Å². The van der Waals surface area contributed by atoms with Crippen LogP contribution in [0, 0.1) is 5.92 Å². The van der Waals surface area contributed by atoms with E-state index in [-0.39, 0.29) is 5.92 Å². The van der Waals surface area contributed by atoms with Gasteiger partial charge in [-0.2, -0.15) is 0 Å². The van der Waals surface area contributed by atoms with Gasteiger partial charge in [0.15, 0.2) is 0 Å². The summed E-state index contributed by atoms with van der Waals surface area (Å²) in [5.41, 5.74) is -0.612. The van der Waals surface area contributed by atoms with Gasteiger partial charge in [-0.05, 0) is 31.8 Å². The molecule has 0 amide bonds. The molecule has 0 rings (SSSR count). The van der Waals surface area contributed by atoms with E-state index in [4.69, 9.17) is 5.11 Å². The van der Waals surface area contributed by atoms with Gasteiger partial charge in [0.2, 0.25) is 0 Å². The zero-order valence-electron chi connectivity index (χ0n) is 7.54. The van der Waals surface area contributed by atoms with Gasteiger partial charge < -0.3 is 10.2 Å². The lowest BCUT2D eigenvalue weighted by molar-refractivity contribution is 0.00623. The third kappa shape index (κ3) is 4.04. The molecule has 0 aromatic heterocycles. The van der Waals surface area contributed by atoms with E-state index in [0.29, 0.717) is 6.42 Å². The monoisotopic (exact) mass is 158 g/mol. The molecule has 11 heavy (non-hydrogen) atoms. The summed E-state index contributed by atoms with van der Waals surface area (Å²) in [5, 5.41) is 18.0. The quantitative estimate of drug-likeness (QED) is 0.616. The summed E-state index contributed by atoms with van der Waals surface area (Å²) in [4.78, 5) is 0. The minimum atomic E-state index is -0.612. The molecule has 0 saturated heterocycles. The van der Waals surface area contributed by atoms with Crippen LogP contribution in [0.25, 0.3) is 0 Å². The van der Waals surface area contributed by atoms with E-state index in [1.54, 1.807) is 6.08 Å². The maximum Gasteiger partial charge on any atom is 0.0751 e. The molecule has 2 nitrogen and oxygen atoms in total. The molecule has 0 heterocycles. The predicted octanol–water partition coefficient (Wildman–Crippen LogP) is 2.25. The molecule has 0 bridgehead atoms. The lowest BCUT2D eigenvalue weighted by atomic mass is 9.88. The minimum Gasteiger partial charge on any atom is -0.516 e. The summed E-state index contributed by atoms with van der Waals surface area (Å²) in [6.07, 6.45) is 4.09. The van der Waals surface area contributed by atoms with Crippen LogP contribution < -0.4 is 0 Å². The second-order valence-corrected chi connectivity index (χ2v) is 3.44. The smallest absolute Gasteiger partial charge is 0.0751 e. The maximum absolute atomic E-state index is 9.70. The van der Waals surface area contributed by atoms with Crippen molar-refractivity contribution in [3.8, 4) is 0 Å². The highest BCUT2D eigenvalue weighted by Crippen LogP contribution is 2.21. The largest absolute Gasteiger partial charge is 0.516 e. The normalized spacial score (nSPS) is 17.5. The van der Waals surface area contributed by atoms with E-state index in [2.05, 4.69) is 0 Å². The van der Waals surface area contributed by atoms with Crippen LogP contribution in [0.2, 0.25) is 0 Å². The molecular weight excluding hydrogens is 140 g/mol. The molecule has 0 aliphatic rings. The molecule has 0 radical (unpaired) electrons. The maximum atomic E-state index is 9.70. The van der Waals surface area contributed by atoms with Gasteiger partial charge in [-0.25, -0.2) is 0 Å². The summed E-state index contributed by atoms with van der Waals surface area (Å²) in [5.74, 6) is 0.259. The molecule has 0 spiro atoms. The van der Waals surface area contributed by atoms with Crippen molar-refractivity contribution in [2.75, 3.05) is 0 Å². The molecule has 0 aromatic rings. The van der Waals surface area contributed by atoms with Crippen molar-refractivity contribution in [2.45, 2.75) is 39.2 Å². The van der Waals surface area contributed by atoms with Gasteiger partial charge in [-0.15, -0.1) is 0 Å². The van der Waals surface area contributed by atoms with Crippen LogP contribution in [0.1, 0.15) is 33.6 Å². The van der Waals surface area contributed by atoms with E-state index in [1.165, 1.54) is 0 Å².